The summed E-state index contributed by atoms with van der Waals surface area (Å²) in [6, 6.07) is -2.76. The molecular weight excluding hydrogens is 697 g/mol. The Morgan fingerprint density at radius 1 is 0.927 bits per heavy atom. The Labute approximate surface area is 328 Å². The molecule has 3 aliphatic carbocycles. The number of fused-ring (bicyclic) bond motifs is 2. The molecular formula is C44H68N4O7. The van der Waals surface area contributed by atoms with Crippen LogP contribution in [0, 0.1) is 39.4 Å². The fourth-order valence-electron chi connectivity index (χ4n) is 10.4. The van der Waals surface area contributed by atoms with Crippen molar-refractivity contribution in [2.45, 2.75) is 169 Å². The van der Waals surface area contributed by atoms with Gasteiger partial charge in [-0.1, -0.05) is 80.2 Å². The van der Waals surface area contributed by atoms with Gasteiger partial charge in [-0.15, -0.1) is 6.58 Å². The van der Waals surface area contributed by atoms with Crippen LogP contribution >= 0.6 is 0 Å². The van der Waals surface area contributed by atoms with Gasteiger partial charge in [0, 0.05) is 44.7 Å². The van der Waals surface area contributed by atoms with Gasteiger partial charge in [-0.2, -0.15) is 0 Å². The van der Waals surface area contributed by atoms with Gasteiger partial charge in [0.1, 0.15) is 6.04 Å². The Kier molecular flexibility index (Phi) is 12.9. The number of nitrogens with zero attached hydrogens (tertiary/aromatic N) is 2. The minimum atomic E-state index is -0.912. The lowest BCUT2D eigenvalue weighted by Crippen LogP contribution is -2.63. The highest BCUT2D eigenvalue weighted by molar-refractivity contribution is 6.38. The second-order valence-corrected chi connectivity index (χ2v) is 20.0. The summed E-state index contributed by atoms with van der Waals surface area (Å²) in [5.41, 5.74) is -1.36. The Balaban J connectivity index is 1.40. The maximum atomic E-state index is 15.2. The highest BCUT2D eigenvalue weighted by atomic mass is 16.2. The van der Waals surface area contributed by atoms with Crippen molar-refractivity contribution in [1.29, 1.82) is 0 Å². The molecule has 5 fully saturated rings. The molecule has 3 saturated carbocycles. The van der Waals surface area contributed by atoms with Crippen molar-refractivity contribution in [3.05, 3.63) is 12.7 Å². The number of ketones is 3. The number of rotatable bonds is 16. The zero-order chi connectivity index (χ0) is 40.5. The summed E-state index contributed by atoms with van der Waals surface area (Å²) in [5, 5.41) is 6.17. The van der Waals surface area contributed by atoms with Crippen LogP contribution in [-0.2, 0) is 28.8 Å². The molecule has 2 N–H and O–H groups in total. The first-order chi connectivity index (χ1) is 25.8. The lowest BCUT2D eigenvalue weighted by Gasteiger charge is -2.43. The second kappa shape index (κ2) is 16.6. The molecule has 5 rings (SSSR count). The molecule has 11 heteroatoms. The molecule has 2 heterocycles. The van der Waals surface area contributed by atoms with Crippen molar-refractivity contribution in [2.75, 3.05) is 13.1 Å². The second-order valence-electron chi connectivity index (χ2n) is 20.0. The standard InChI is InChI=1S/C44H68N4O7/c1-9-11-16-31(49)37(53)28(15-10-2)23-32(50)36-29-17-20-44(21-22-44)30(29)26-48(36)39(54)38(43(8)18-13-12-14-19-43)46-40(55)45-33(41(3,4)5)27-47-34(51)24-42(6,7)25-35(47)52/h9,28-30,33,36,38H,1,10-27H2,2-8H3,(H2,45,46,55)/t28?,29-,30-,33+,36-,38+/m0/s1. The minimum Gasteiger partial charge on any atom is -0.333 e. The monoisotopic (exact) mass is 765 g/mol. The molecule has 55 heavy (non-hydrogen) atoms. The van der Waals surface area contributed by atoms with E-state index in [1.807, 2.05) is 41.5 Å². The van der Waals surface area contributed by atoms with Crippen LogP contribution in [0.2, 0.25) is 0 Å². The number of hydrogen-bond donors (Lipinski definition) is 2. The summed E-state index contributed by atoms with van der Waals surface area (Å²) >= 11 is 0. The van der Waals surface area contributed by atoms with Crippen molar-refractivity contribution in [1.82, 2.24) is 20.4 Å². The summed E-state index contributed by atoms with van der Waals surface area (Å²) in [6.07, 6.45) is 12.0. The topological polar surface area (TPSA) is 150 Å². The van der Waals surface area contributed by atoms with Crippen molar-refractivity contribution < 1.29 is 33.6 Å². The number of urea groups is 1. The number of hydrogen-bond acceptors (Lipinski definition) is 7. The summed E-state index contributed by atoms with van der Waals surface area (Å²) in [7, 11) is 0. The first-order valence-electron chi connectivity index (χ1n) is 21.2. The minimum absolute atomic E-state index is 0.0173. The average Bonchev–Trinajstić information content (AvgIpc) is 3.67. The van der Waals surface area contributed by atoms with Crippen LogP contribution in [0.5, 0.6) is 0 Å². The molecule has 0 aromatic heterocycles. The fraction of sp³-hybridized carbons (Fsp3) is 0.795. The molecule has 0 aromatic carbocycles. The average molecular weight is 765 g/mol. The molecule has 1 unspecified atom stereocenters. The summed E-state index contributed by atoms with van der Waals surface area (Å²) in [6.45, 7) is 17.8. The van der Waals surface area contributed by atoms with E-state index in [1.165, 1.54) is 4.90 Å². The van der Waals surface area contributed by atoms with Gasteiger partial charge in [0.2, 0.25) is 23.5 Å². The molecule has 0 radical (unpaired) electrons. The van der Waals surface area contributed by atoms with Crippen LogP contribution in [0.15, 0.2) is 12.7 Å². The molecule has 2 saturated heterocycles. The highest BCUT2D eigenvalue weighted by Gasteiger charge is 2.64. The van der Waals surface area contributed by atoms with E-state index in [2.05, 4.69) is 24.1 Å². The van der Waals surface area contributed by atoms with Crippen LogP contribution in [0.3, 0.4) is 0 Å². The number of carbonyl (C=O) groups excluding carboxylic acids is 7. The fourth-order valence-corrected chi connectivity index (χ4v) is 10.4. The van der Waals surface area contributed by atoms with E-state index in [0.29, 0.717) is 25.8 Å². The van der Waals surface area contributed by atoms with Gasteiger partial charge in [-0.3, -0.25) is 33.7 Å². The van der Waals surface area contributed by atoms with E-state index < -0.39 is 57.9 Å². The smallest absolute Gasteiger partial charge is 0.315 e. The van der Waals surface area contributed by atoms with Gasteiger partial charge < -0.3 is 15.5 Å². The lowest BCUT2D eigenvalue weighted by molar-refractivity contribution is -0.153. The van der Waals surface area contributed by atoms with Crippen LogP contribution in [0.1, 0.15) is 151 Å². The molecule has 2 aliphatic heterocycles. The van der Waals surface area contributed by atoms with Gasteiger partial charge in [0.25, 0.3) is 0 Å². The number of Topliss-reactive ketones (excluding diaryl/α,β-unsaturated/α-hetero) is 3. The largest absolute Gasteiger partial charge is 0.333 e. The molecule has 5 amide bonds. The normalized spacial score (nSPS) is 26.9. The van der Waals surface area contributed by atoms with Crippen molar-refractivity contribution >= 4 is 41.1 Å². The molecule has 306 valence electrons. The van der Waals surface area contributed by atoms with Gasteiger partial charge in [0.05, 0.1) is 12.1 Å². The number of allylic oxidation sites excluding steroid dienone is 1. The van der Waals surface area contributed by atoms with Crippen LogP contribution in [0.4, 0.5) is 4.79 Å². The van der Waals surface area contributed by atoms with Gasteiger partial charge >= 0.3 is 6.03 Å². The van der Waals surface area contributed by atoms with Crippen molar-refractivity contribution in [3.63, 3.8) is 0 Å². The van der Waals surface area contributed by atoms with Gasteiger partial charge in [-0.05, 0) is 84.9 Å². The molecule has 5 aliphatic rings. The van der Waals surface area contributed by atoms with Gasteiger partial charge in [-0.25, -0.2) is 4.79 Å². The van der Waals surface area contributed by atoms with Crippen molar-refractivity contribution in [3.8, 4) is 0 Å². The maximum absolute atomic E-state index is 15.2. The number of piperidine rings is 1. The quantitative estimate of drug-likeness (QED) is 0.101. The zero-order valence-electron chi connectivity index (χ0n) is 34.7. The Morgan fingerprint density at radius 3 is 2.13 bits per heavy atom. The Hall–Kier alpha value is -3.37. The number of likely N-dealkylation sites (tertiary alicyclic amines) is 2. The van der Waals surface area contributed by atoms with E-state index in [4.69, 9.17) is 0 Å². The highest BCUT2D eigenvalue weighted by Crippen LogP contribution is 2.66. The van der Waals surface area contributed by atoms with Crippen LogP contribution < -0.4 is 10.6 Å². The van der Waals surface area contributed by atoms with E-state index in [9.17, 15) is 28.8 Å². The van der Waals surface area contributed by atoms with Crippen LogP contribution in [-0.4, -0.2) is 82.1 Å². The first kappa shape index (κ1) is 42.8. The number of nitrogens with one attached hydrogen (secondary N) is 2. The molecule has 0 bridgehead atoms. The third kappa shape index (κ3) is 9.44. The lowest BCUT2D eigenvalue weighted by atomic mass is 9.70. The number of amides is 5. The predicted octanol–water partition coefficient (Wildman–Crippen LogP) is 6.71. The summed E-state index contributed by atoms with van der Waals surface area (Å²) < 4.78 is 0. The van der Waals surface area contributed by atoms with Crippen LogP contribution in [0.25, 0.3) is 0 Å². The van der Waals surface area contributed by atoms with E-state index >= 15 is 4.79 Å². The van der Waals surface area contributed by atoms with Gasteiger partial charge in [0.15, 0.2) is 11.6 Å². The van der Waals surface area contributed by atoms with E-state index in [1.54, 1.807) is 11.0 Å². The molecule has 6 atom stereocenters. The first-order valence-corrected chi connectivity index (χ1v) is 21.2. The summed E-state index contributed by atoms with van der Waals surface area (Å²) in [5.74, 6) is -2.48. The Bertz CT molecular complexity index is 1510. The zero-order valence-corrected chi connectivity index (χ0v) is 34.7. The molecule has 1 spiro atoms. The van der Waals surface area contributed by atoms with E-state index in [-0.39, 0.29) is 73.0 Å². The summed E-state index contributed by atoms with van der Waals surface area (Å²) in [4.78, 5) is 99.4. The van der Waals surface area contributed by atoms with E-state index in [0.717, 1.165) is 57.8 Å². The third-order valence-corrected chi connectivity index (χ3v) is 14.0. The number of imide groups is 1. The SMILES string of the molecule is C=CCCC(=O)C(=O)C(CCC)CC(=O)[C@@H]1[C@H]2CCC3(CC3)[C@H]2CN1C(=O)[C@@H](NC(=O)N[C@H](CN1C(=O)CC(C)(C)CC1=O)C(C)(C)C)C1(C)CCCCC1. The van der Waals surface area contributed by atoms with Crippen molar-refractivity contribution in [2.24, 2.45) is 39.4 Å². The Morgan fingerprint density at radius 2 is 1.56 bits per heavy atom. The number of carbonyl (C=O) groups is 7. The molecule has 0 aromatic rings. The maximum Gasteiger partial charge on any atom is 0.315 e. The predicted molar refractivity (Wildman–Crippen MR) is 210 cm³/mol. The molecule has 11 nitrogen and oxygen atoms in total. The third-order valence-electron chi connectivity index (χ3n) is 14.0.